The minimum atomic E-state index is -3.54. The number of aryl methyl sites for hydroxylation is 1. The Kier molecular flexibility index (Phi) is 5.79. The first-order valence-corrected chi connectivity index (χ1v) is 11.7. The van der Waals surface area contributed by atoms with Gasteiger partial charge in [-0.1, -0.05) is 12.1 Å². The third-order valence-electron chi connectivity index (χ3n) is 5.75. The van der Waals surface area contributed by atoms with Crippen LogP contribution >= 0.6 is 0 Å². The van der Waals surface area contributed by atoms with Gasteiger partial charge in [-0.05, 0) is 62.4 Å². The van der Waals surface area contributed by atoms with Crippen molar-refractivity contribution < 1.29 is 17.6 Å². The van der Waals surface area contributed by atoms with E-state index in [4.69, 9.17) is 0 Å². The molecule has 2 heterocycles. The average molecular weight is 432 g/mol. The quantitative estimate of drug-likeness (QED) is 0.789. The zero-order valence-electron chi connectivity index (χ0n) is 17.0. The molecule has 4 rings (SSSR count). The van der Waals surface area contributed by atoms with Gasteiger partial charge >= 0.3 is 0 Å². The minimum absolute atomic E-state index is 0.0837. The molecule has 2 aromatic rings. The second-order valence-corrected chi connectivity index (χ2v) is 9.84. The number of fused-ring (bicyclic) bond motifs is 1. The van der Waals surface area contributed by atoms with E-state index in [9.17, 15) is 17.6 Å². The number of halogens is 1. The summed E-state index contributed by atoms with van der Waals surface area (Å²) >= 11 is 0. The number of sulfonamides is 1. The van der Waals surface area contributed by atoms with E-state index in [-0.39, 0.29) is 23.2 Å². The summed E-state index contributed by atoms with van der Waals surface area (Å²) in [5.74, 6) is -0.497. The average Bonchev–Trinajstić information content (AvgIpc) is 3.27. The van der Waals surface area contributed by atoms with E-state index in [1.54, 1.807) is 24.3 Å². The summed E-state index contributed by atoms with van der Waals surface area (Å²) in [6.07, 6.45) is 3.18. The Labute approximate surface area is 176 Å². The lowest BCUT2D eigenvalue weighted by Crippen LogP contribution is -2.37. The van der Waals surface area contributed by atoms with Crippen LogP contribution in [0.1, 0.15) is 30.4 Å². The third-order valence-corrected chi connectivity index (χ3v) is 7.65. The van der Waals surface area contributed by atoms with Crippen molar-refractivity contribution in [3.05, 3.63) is 53.3 Å². The van der Waals surface area contributed by atoms with Crippen LogP contribution in [0.3, 0.4) is 0 Å². The van der Waals surface area contributed by atoms with Gasteiger partial charge in [0.25, 0.3) is 0 Å². The first kappa shape index (κ1) is 20.8. The number of hydrogen-bond donors (Lipinski definition) is 1. The first-order valence-electron chi connectivity index (χ1n) is 10.3. The zero-order chi connectivity index (χ0) is 21.3. The number of nitrogens with one attached hydrogen (secondary N) is 1. The number of carbonyl (C=O) groups excluding carboxylic acids is 1. The van der Waals surface area contributed by atoms with Gasteiger partial charge in [-0.2, -0.15) is 4.31 Å². The molecule has 1 N–H and O–H groups in total. The van der Waals surface area contributed by atoms with Crippen LogP contribution in [-0.2, 0) is 21.2 Å². The van der Waals surface area contributed by atoms with E-state index >= 15 is 0 Å². The molecule has 1 fully saturated rings. The second-order valence-electron chi connectivity index (χ2n) is 7.90. The van der Waals surface area contributed by atoms with Crippen molar-refractivity contribution in [1.29, 1.82) is 0 Å². The van der Waals surface area contributed by atoms with Gasteiger partial charge in [-0.3, -0.25) is 4.79 Å². The van der Waals surface area contributed by atoms with Gasteiger partial charge in [-0.25, -0.2) is 12.8 Å². The number of carbonyl (C=O) groups is 1. The summed E-state index contributed by atoms with van der Waals surface area (Å²) < 4.78 is 41.2. The molecule has 0 unspecified atom stereocenters. The topological polar surface area (TPSA) is 69.7 Å². The fraction of sp³-hybridized carbons (Fsp3) is 0.409. The molecule has 160 valence electrons. The van der Waals surface area contributed by atoms with Crippen molar-refractivity contribution in [1.82, 2.24) is 4.31 Å². The summed E-state index contributed by atoms with van der Waals surface area (Å²) in [5.41, 5.74) is 2.83. The maximum Gasteiger partial charge on any atom is 0.243 e. The monoisotopic (exact) mass is 431 g/mol. The van der Waals surface area contributed by atoms with E-state index < -0.39 is 10.0 Å². The number of rotatable bonds is 5. The molecule has 2 aliphatic heterocycles. The van der Waals surface area contributed by atoms with Crippen LogP contribution in [0.5, 0.6) is 0 Å². The van der Waals surface area contributed by atoms with E-state index in [1.165, 1.54) is 16.4 Å². The molecule has 0 aliphatic carbocycles. The van der Waals surface area contributed by atoms with Gasteiger partial charge in [0.2, 0.25) is 15.9 Å². The molecule has 0 atom stereocenters. The smallest absolute Gasteiger partial charge is 0.243 e. The zero-order valence-corrected chi connectivity index (χ0v) is 17.8. The summed E-state index contributed by atoms with van der Waals surface area (Å²) in [5, 5.41) is 2.80. The predicted molar refractivity (Wildman–Crippen MR) is 115 cm³/mol. The Morgan fingerprint density at radius 2 is 1.87 bits per heavy atom. The second kappa shape index (κ2) is 8.35. The van der Waals surface area contributed by atoms with E-state index in [2.05, 4.69) is 5.32 Å². The fourth-order valence-electron chi connectivity index (χ4n) is 4.31. The molecule has 2 aromatic carbocycles. The van der Waals surface area contributed by atoms with Crippen molar-refractivity contribution in [2.45, 2.75) is 37.5 Å². The molecule has 0 radical (unpaired) electrons. The van der Waals surface area contributed by atoms with Crippen LogP contribution in [0.2, 0.25) is 0 Å². The van der Waals surface area contributed by atoms with Crippen LogP contribution < -0.4 is 10.2 Å². The molecule has 6 nitrogen and oxygen atoms in total. The highest BCUT2D eigenvalue weighted by molar-refractivity contribution is 7.89. The van der Waals surface area contributed by atoms with Gasteiger partial charge in [0.1, 0.15) is 5.82 Å². The molecule has 1 saturated heterocycles. The van der Waals surface area contributed by atoms with Gasteiger partial charge in [-0.15, -0.1) is 0 Å². The molecular formula is C22H26FN3O3S. The molecule has 2 aliphatic rings. The van der Waals surface area contributed by atoms with Gasteiger partial charge in [0.15, 0.2) is 0 Å². The maximum atomic E-state index is 14.2. The Hall–Kier alpha value is -2.45. The largest absolute Gasteiger partial charge is 0.362 e. The number of anilines is 2. The van der Waals surface area contributed by atoms with Crippen LogP contribution in [0.15, 0.2) is 41.3 Å². The normalized spacial score (nSPS) is 17.1. The molecule has 0 bridgehead atoms. The summed E-state index contributed by atoms with van der Waals surface area (Å²) in [4.78, 5) is 14.8. The van der Waals surface area contributed by atoms with Crippen LogP contribution in [-0.4, -0.2) is 44.8 Å². The van der Waals surface area contributed by atoms with Crippen LogP contribution in [0, 0.1) is 12.7 Å². The lowest BCUT2D eigenvalue weighted by molar-refractivity contribution is -0.115. The van der Waals surface area contributed by atoms with Crippen molar-refractivity contribution >= 4 is 27.3 Å². The van der Waals surface area contributed by atoms with E-state index in [0.717, 1.165) is 30.5 Å². The van der Waals surface area contributed by atoms with Crippen molar-refractivity contribution in [2.24, 2.45) is 0 Å². The van der Waals surface area contributed by atoms with Crippen molar-refractivity contribution in [2.75, 3.05) is 36.4 Å². The van der Waals surface area contributed by atoms with Crippen molar-refractivity contribution in [3.8, 4) is 0 Å². The Balaban J connectivity index is 1.49. The summed E-state index contributed by atoms with van der Waals surface area (Å²) in [7, 11) is -3.54. The molecule has 0 aromatic heterocycles. The van der Waals surface area contributed by atoms with Crippen LogP contribution in [0.4, 0.5) is 15.8 Å². The van der Waals surface area contributed by atoms with Crippen molar-refractivity contribution in [3.63, 3.8) is 0 Å². The number of benzene rings is 2. The van der Waals surface area contributed by atoms with Gasteiger partial charge < -0.3 is 10.2 Å². The van der Waals surface area contributed by atoms with E-state index in [1.807, 2.05) is 11.8 Å². The Morgan fingerprint density at radius 3 is 2.63 bits per heavy atom. The highest BCUT2D eigenvalue weighted by Gasteiger charge is 2.28. The molecule has 1 amide bonds. The lowest BCUT2D eigenvalue weighted by Gasteiger charge is -2.32. The summed E-state index contributed by atoms with van der Waals surface area (Å²) in [6.45, 7) is 3.74. The highest BCUT2D eigenvalue weighted by Crippen LogP contribution is 2.32. The molecule has 0 saturated carbocycles. The van der Waals surface area contributed by atoms with Gasteiger partial charge in [0, 0.05) is 36.6 Å². The summed E-state index contributed by atoms with van der Waals surface area (Å²) in [6, 6.07) is 9.57. The van der Waals surface area contributed by atoms with E-state index in [0.29, 0.717) is 37.3 Å². The number of nitrogens with zero attached hydrogens (tertiary/aromatic N) is 2. The number of hydrogen-bond acceptors (Lipinski definition) is 4. The Bertz CT molecular complexity index is 1070. The fourth-order valence-corrected chi connectivity index (χ4v) is 5.87. The lowest BCUT2D eigenvalue weighted by atomic mass is 9.97. The van der Waals surface area contributed by atoms with Crippen LogP contribution in [0.25, 0.3) is 0 Å². The predicted octanol–water partition coefficient (Wildman–Crippen LogP) is 3.31. The highest BCUT2D eigenvalue weighted by atomic mass is 32.2. The third kappa shape index (κ3) is 4.06. The van der Waals surface area contributed by atoms with Gasteiger partial charge in [0.05, 0.1) is 11.4 Å². The SMILES string of the molecule is Cc1ccc(F)c2c1N(CC(=O)Nc1cccc(S(=O)(=O)N3CCCC3)c1)CCC2. The first-order chi connectivity index (χ1) is 14.4. The molecular weight excluding hydrogens is 405 g/mol. The molecule has 8 heteroatoms. The number of amides is 1. The molecule has 30 heavy (non-hydrogen) atoms. The maximum absolute atomic E-state index is 14.2. The standard InChI is InChI=1S/C22H26FN3O3S/c1-16-9-10-20(23)19-8-5-11-25(22(16)19)15-21(27)24-17-6-4-7-18(14-17)30(28,29)26-12-2-3-13-26/h4,6-7,9-10,14H,2-3,5,8,11-13,15H2,1H3,(H,24,27). The molecule has 0 spiro atoms. The Morgan fingerprint density at radius 1 is 1.10 bits per heavy atom. The minimum Gasteiger partial charge on any atom is -0.362 e.